The van der Waals surface area contributed by atoms with Crippen molar-refractivity contribution in [2.45, 2.75) is 45.7 Å². The van der Waals surface area contributed by atoms with Crippen LogP contribution in [0.4, 0.5) is 0 Å². The lowest BCUT2D eigenvalue weighted by Gasteiger charge is -2.20. The zero-order chi connectivity index (χ0) is 11.8. The van der Waals surface area contributed by atoms with E-state index in [0.717, 1.165) is 19.5 Å². The summed E-state index contributed by atoms with van der Waals surface area (Å²) in [6, 6.07) is 0.508. The standard InChI is InChI=1S/C11H25N3O/c1-9(2)14(4)7-5-6-13-11(15)8-10(3)12/h9-10H,5-8,12H2,1-4H3,(H,13,15). The van der Waals surface area contributed by atoms with E-state index in [1.54, 1.807) is 0 Å². The fourth-order valence-corrected chi connectivity index (χ4v) is 1.18. The molecule has 0 aliphatic rings. The van der Waals surface area contributed by atoms with Gasteiger partial charge >= 0.3 is 0 Å². The van der Waals surface area contributed by atoms with Crippen LogP contribution in [-0.2, 0) is 4.79 Å². The Morgan fingerprint density at radius 2 is 2.00 bits per heavy atom. The van der Waals surface area contributed by atoms with Gasteiger partial charge in [-0.2, -0.15) is 0 Å². The summed E-state index contributed by atoms with van der Waals surface area (Å²) in [6.07, 6.45) is 1.40. The van der Waals surface area contributed by atoms with Crippen molar-refractivity contribution in [3.8, 4) is 0 Å². The maximum atomic E-state index is 11.2. The second-order valence-electron chi connectivity index (χ2n) is 4.46. The van der Waals surface area contributed by atoms with E-state index in [2.05, 4.69) is 31.1 Å². The van der Waals surface area contributed by atoms with Crippen molar-refractivity contribution in [3.05, 3.63) is 0 Å². The molecule has 4 nitrogen and oxygen atoms in total. The average Bonchev–Trinajstić information content (AvgIpc) is 2.10. The molecule has 3 N–H and O–H groups in total. The molecule has 1 unspecified atom stereocenters. The third-order valence-corrected chi connectivity index (χ3v) is 2.40. The molecule has 0 aromatic rings. The van der Waals surface area contributed by atoms with Crippen molar-refractivity contribution < 1.29 is 4.79 Å². The molecule has 0 aromatic carbocycles. The molecule has 0 aromatic heterocycles. The molecule has 1 amide bonds. The molecule has 0 fully saturated rings. The Morgan fingerprint density at radius 1 is 1.40 bits per heavy atom. The fourth-order valence-electron chi connectivity index (χ4n) is 1.18. The molecule has 15 heavy (non-hydrogen) atoms. The first kappa shape index (κ1) is 14.4. The van der Waals surface area contributed by atoms with Gasteiger partial charge in [0.1, 0.15) is 0 Å². The van der Waals surface area contributed by atoms with Crippen LogP contribution in [0.15, 0.2) is 0 Å². The van der Waals surface area contributed by atoms with E-state index in [4.69, 9.17) is 5.73 Å². The summed E-state index contributed by atoms with van der Waals surface area (Å²) >= 11 is 0. The first-order valence-corrected chi connectivity index (χ1v) is 5.66. The second kappa shape index (κ2) is 7.65. The van der Waals surface area contributed by atoms with Crippen molar-refractivity contribution >= 4 is 5.91 Å². The van der Waals surface area contributed by atoms with Crippen molar-refractivity contribution in [2.24, 2.45) is 5.73 Å². The van der Waals surface area contributed by atoms with Crippen molar-refractivity contribution in [3.63, 3.8) is 0 Å². The average molecular weight is 215 g/mol. The Labute approximate surface area is 93.2 Å². The number of rotatable bonds is 7. The third kappa shape index (κ3) is 8.39. The third-order valence-electron chi connectivity index (χ3n) is 2.40. The molecule has 90 valence electrons. The predicted octanol–water partition coefficient (Wildman–Crippen LogP) is 0.570. The topological polar surface area (TPSA) is 58.4 Å². The predicted molar refractivity (Wildman–Crippen MR) is 63.7 cm³/mol. The summed E-state index contributed by atoms with van der Waals surface area (Å²) in [5.41, 5.74) is 5.52. The maximum absolute atomic E-state index is 11.2. The number of hydrogen-bond acceptors (Lipinski definition) is 3. The Hall–Kier alpha value is -0.610. The smallest absolute Gasteiger partial charge is 0.221 e. The van der Waals surface area contributed by atoms with Gasteiger partial charge in [0.05, 0.1) is 0 Å². The van der Waals surface area contributed by atoms with Crippen LogP contribution in [0.1, 0.15) is 33.6 Å². The molecule has 1 atom stereocenters. The van der Waals surface area contributed by atoms with Crippen molar-refractivity contribution in [1.29, 1.82) is 0 Å². The first-order chi connectivity index (χ1) is 6.93. The first-order valence-electron chi connectivity index (χ1n) is 5.66. The van der Waals surface area contributed by atoms with Gasteiger partial charge < -0.3 is 16.0 Å². The molecule has 0 saturated heterocycles. The monoisotopic (exact) mass is 215 g/mol. The van der Waals surface area contributed by atoms with Crippen molar-refractivity contribution in [2.75, 3.05) is 20.1 Å². The SMILES string of the molecule is CC(N)CC(=O)NCCCN(C)C(C)C. The van der Waals surface area contributed by atoms with E-state index in [0.29, 0.717) is 12.5 Å². The maximum Gasteiger partial charge on any atom is 0.221 e. The molecule has 0 aliphatic heterocycles. The molecule has 0 bridgehead atoms. The summed E-state index contributed by atoms with van der Waals surface area (Å²) in [4.78, 5) is 13.5. The van der Waals surface area contributed by atoms with E-state index in [-0.39, 0.29) is 11.9 Å². The number of nitrogens with zero attached hydrogens (tertiary/aromatic N) is 1. The van der Waals surface area contributed by atoms with Crippen LogP contribution in [0, 0.1) is 0 Å². The number of nitrogens with one attached hydrogen (secondary N) is 1. The zero-order valence-corrected chi connectivity index (χ0v) is 10.4. The highest BCUT2D eigenvalue weighted by atomic mass is 16.1. The lowest BCUT2D eigenvalue weighted by Crippen LogP contribution is -2.33. The largest absolute Gasteiger partial charge is 0.356 e. The lowest BCUT2D eigenvalue weighted by molar-refractivity contribution is -0.121. The summed E-state index contributed by atoms with van der Waals surface area (Å²) in [7, 11) is 2.09. The van der Waals surface area contributed by atoms with Crippen LogP contribution in [-0.4, -0.2) is 43.0 Å². The van der Waals surface area contributed by atoms with Gasteiger partial charge in [0.25, 0.3) is 0 Å². The second-order valence-corrected chi connectivity index (χ2v) is 4.46. The van der Waals surface area contributed by atoms with Crippen LogP contribution in [0.5, 0.6) is 0 Å². The van der Waals surface area contributed by atoms with Gasteiger partial charge in [-0.25, -0.2) is 0 Å². The molecule has 0 aliphatic carbocycles. The summed E-state index contributed by atoms with van der Waals surface area (Å²) in [5.74, 6) is 0.0530. The minimum atomic E-state index is -0.0525. The molecule has 0 saturated carbocycles. The fraction of sp³-hybridized carbons (Fsp3) is 0.909. The van der Waals surface area contributed by atoms with E-state index in [1.165, 1.54) is 0 Å². The number of nitrogens with two attached hydrogens (primary N) is 1. The van der Waals surface area contributed by atoms with Crippen LogP contribution < -0.4 is 11.1 Å². The number of carbonyl (C=O) groups excluding carboxylic acids is 1. The van der Waals surface area contributed by atoms with Crippen LogP contribution in [0.3, 0.4) is 0 Å². The zero-order valence-electron chi connectivity index (χ0n) is 10.4. The van der Waals surface area contributed by atoms with Gasteiger partial charge in [-0.05, 0) is 40.8 Å². The van der Waals surface area contributed by atoms with Crippen LogP contribution in [0.2, 0.25) is 0 Å². The van der Waals surface area contributed by atoms with Gasteiger partial charge in [-0.15, -0.1) is 0 Å². The Kier molecular flexibility index (Phi) is 7.34. The van der Waals surface area contributed by atoms with Gasteiger partial charge in [0.2, 0.25) is 5.91 Å². The molecular formula is C11H25N3O. The summed E-state index contributed by atoms with van der Waals surface area (Å²) in [6.45, 7) is 7.91. The molecule has 0 heterocycles. The highest BCUT2D eigenvalue weighted by molar-refractivity contribution is 5.76. The van der Waals surface area contributed by atoms with Crippen LogP contribution >= 0.6 is 0 Å². The van der Waals surface area contributed by atoms with Crippen molar-refractivity contribution in [1.82, 2.24) is 10.2 Å². The highest BCUT2D eigenvalue weighted by Gasteiger charge is 2.05. The van der Waals surface area contributed by atoms with E-state index >= 15 is 0 Å². The number of amides is 1. The van der Waals surface area contributed by atoms with Gasteiger partial charge in [-0.1, -0.05) is 0 Å². The van der Waals surface area contributed by atoms with Gasteiger partial charge in [0, 0.05) is 25.0 Å². The van der Waals surface area contributed by atoms with E-state index in [9.17, 15) is 4.79 Å². The Balaban J connectivity index is 3.42. The summed E-state index contributed by atoms with van der Waals surface area (Å²) in [5, 5.41) is 2.86. The molecule has 0 rings (SSSR count). The lowest BCUT2D eigenvalue weighted by atomic mass is 10.2. The van der Waals surface area contributed by atoms with Gasteiger partial charge in [-0.3, -0.25) is 4.79 Å². The minimum absolute atomic E-state index is 0.0525. The summed E-state index contributed by atoms with van der Waals surface area (Å²) < 4.78 is 0. The molecular weight excluding hydrogens is 190 g/mol. The Morgan fingerprint density at radius 3 is 2.47 bits per heavy atom. The quantitative estimate of drug-likeness (QED) is 0.610. The normalized spacial score (nSPS) is 13.3. The molecule has 4 heteroatoms. The number of carbonyl (C=O) groups is 1. The number of hydrogen-bond donors (Lipinski definition) is 2. The van der Waals surface area contributed by atoms with Gasteiger partial charge in [0.15, 0.2) is 0 Å². The van der Waals surface area contributed by atoms with E-state index in [1.807, 2.05) is 6.92 Å². The van der Waals surface area contributed by atoms with Crippen LogP contribution in [0.25, 0.3) is 0 Å². The molecule has 0 spiro atoms. The highest BCUT2D eigenvalue weighted by Crippen LogP contribution is 1.94. The van der Waals surface area contributed by atoms with E-state index < -0.39 is 0 Å². The minimum Gasteiger partial charge on any atom is -0.356 e. The Bertz CT molecular complexity index is 181. The molecule has 0 radical (unpaired) electrons.